The van der Waals surface area contributed by atoms with Gasteiger partial charge >= 0.3 is 0 Å². The van der Waals surface area contributed by atoms with Gasteiger partial charge in [-0.05, 0) is 57.0 Å². The molecule has 3 N–H and O–H groups in total. The van der Waals surface area contributed by atoms with Crippen LogP contribution in [-0.2, 0) is 13.0 Å². The van der Waals surface area contributed by atoms with Crippen molar-refractivity contribution >= 4 is 35.8 Å². The third-order valence-electron chi connectivity index (χ3n) is 5.30. The summed E-state index contributed by atoms with van der Waals surface area (Å²) in [4.78, 5) is 16.6. The molecule has 176 valence electrons. The van der Waals surface area contributed by atoms with Crippen molar-refractivity contribution in [3.63, 3.8) is 0 Å². The number of benzene rings is 2. The lowest BCUT2D eigenvalue weighted by atomic mass is 10.1. The maximum atomic E-state index is 11.8. The van der Waals surface area contributed by atoms with Crippen LogP contribution in [0.2, 0.25) is 0 Å². The highest BCUT2D eigenvalue weighted by Gasteiger charge is 2.12. The zero-order chi connectivity index (χ0) is 22.9. The van der Waals surface area contributed by atoms with E-state index in [4.69, 9.17) is 10.1 Å². The minimum atomic E-state index is -0.0727. The molecule has 0 spiro atoms. The van der Waals surface area contributed by atoms with Crippen LogP contribution in [0.3, 0.4) is 0 Å². The molecule has 3 rings (SSSR count). The van der Waals surface area contributed by atoms with Crippen molar-refractivity contribution in [3.8, 4) is 5.69 Å². The minimum absolute atomic E-state index is 0. The van der Waals surface area contributed by atoms with Crippen molar-refractivity contribution in [2.45, 2.75) is 33.7 Å². The number of para-hydroxylation sites is 1. The number of aromatic nitrogens is 2. The highest BCUT2D eigenvalue weighted by atomic mass is 127. The Morgan fingerprint density at radius 2 is 1.82 bits per heavy atom. The van der Waals surface area contributed by atoms with Crippen molar-refractivity contribution < 1.29 is 4.79 Å². The van der Waals surface area contributed by atoms with Crippen molar-refractivity contribution in [1.29, 1.82) is 0 Å². The van der Waals surface area contributed by atoms with Gasteiger partial charge in [0.05, 0.1) is 17.9 Å². The number of halogens is 1. The smallest absolute Gasteiger partial charge is 0.251 e. The molecule has 1 heterocycles. The molecule has 1 amide bonds. The Kier molecular flexibility index (Phi) is 10.4. The van der Waals surface area contributed by atoms with Crippen LogP contribution < -0.4 is 16.0 Å². The molecule has 7 nitrogen and oxygen atoms in total. The van der Waals surface area contributed by atoms with Gasteiger partial charge in [-0.2, -0.15) is 5.10 Å². The van der Waals surface area contributed by atoms with Crippen molar-refractivity contribution in [2.24, 2.45) is 4.99 Å². The van der Waals surface area contributed by atoms with Crippen LogP contribution in [0.15, 0.2) is 59.6 Å². The monoisotopic (exact) mass is 560 g/mol. The van der Waals surface area contributed by atoms with E-state index in [1.807, 2.05) is 61.0 Å². The summed E-state index contributed by atoms with van der Waals surface area (Å²) in [7, 11) is 1.64. The van der Waals surface area contributed by atoms with Gasteiger partial charge in [-0.1, -0.05) is 30.3 Å². The van der Waals surface area contributed by atoms with E-state index in [0.717, 1.165) is 47.1 Å². The minimum Gasteiger partial charge on any atom is -0.357 e. The summed E-state index contributed by atoms with van der Waals surface area (Å²) in [5, 5.41) is 14.1. The summed E-state index contributed by atoms with van der Waals surface area (Å²) in [6.45, 7) is 8.19. The number of carbonyl (C=O) groups excluding carboxylic acids is 1. The molecule has 0 saturated heterocycles. The molecule has 0 aliphatic rings. The molecule has 0 aliphatic carbocycles. The van der Waals surface area contributed by atoms with E-state index >= 15 is 0 Å². The predicted molar refractivity (Wildman–Crippen MR) is 145 cm³/mol. The molecule has 3 aromatic rings. The molecule has 0 saturated carbocycles. The number of guanidine groups is 1. The van der Waals surface area contributed by atoms with Crippen molar-refractivity contribution in [3.05, 3.63) is 82.7 Å². The lowest BCUT2D eigenvalue weighted by Crippen LogP contribution is -2.38. The molecule has 0 fully saturated rings. The largest absolute Gasteiger partial charge is 0.357 e. The SMILES string of the molecule is CCNC(=NCc1c(C)nn(-c2ccccc2)c1C)NCCc1cccc(C(=O)NC)c1.I. The van der Waals surface area contributed by atoms with E-state index in [-0.39, 0.29) is 29.9 Å². The molecule has 0 aliphatic heterocycles. The van der Waals surface area contributed by atoms with Crippen LogP contribution in [0.25, 0.3) is 5.69 Å². The number of nitrogens with zero attached hydrogens (tertiary/aromatic N) is 3. The van der Waals surface area contributed by atoms with Gasteiger partial charge in [-0.3, -0.25) is 4.79 Å². The standard InChI is InChI=1S/C25H32N6O.HI/c1-5-27-25(28-15-14-20-10-9-11-21(16-20)24(32)26-4)29-17-23-18(2)30-31(19(23)3)22-12-7-6-8-13-22;/h6-13,16H,5,14-15,17H2,1-4H3,(H,26,32)(H2,27,28,29);1H. The summed E-state index contributed by atoms with van der Waals surface area (Å²) in [6.07, 6.45) is 0.791. The number of rotatable bonds is 8. The predicted octanol–water partition coefficient (Wildman–Crippen LogP) is 3.76. The molecular weight excluding hydrogens is 527 g/mol. The third-order valence-corrected chi connectivity index (χ3v) is 5.30. The first-order valence-electron chi connectivity index (χ1n) is 11.0. The van der Waals surface area contributed by atoms with Gasteiger partial charge in [0, 0.05) is 37.0 Å². The summed E-state index contributed by atoms with van der Waals surface area (Å²) in [5.74, 6) is 0.692. The second-order valence-electron chi connectivity index (χ2n) is 7.55. The topological polar surface area (TPSA) is 83.3 Å². The van der Waals surface area contributed by atoms with Crippen LogP contribution in [0.4, 0.5) is 0 Å². The first kappa shape index (κ1) is 26.4. The molecule has 8 heteroatoms. The van der Waals surface area contributed by atoms with Crippen molar-refractivity contribution in [1.82, 2.24) is 25.7 Å². The molecule has 1 aromatic heterocycles. The Morgan fingerprint density at radius 3 is 2.52 bits per heavy atom. The van der Waals surface area contributed by atoms with Crippen LogP contribution in [0.5, 0.6) is 0 Å². The number of nitrogens with one attached hydrogen (secondary N) is 3. The Morgan fingerprint density at radius 1 is 1.06 bits per heavy atom. The van der Waals surface area contributed by atoms with Crippen LogP contribution in [0, 0.1) is 13.8 Å². The molecular formula is C25H33IN6O. The van der Waals surface area contributed by atoms with Crippen LogP contribution in [0.1, 0.15) is 39.8 Å². The Balaban J connectivity index is 0.00000385. The van der Waals surface area contributed by atoms with Crippen molar-refractivity contribution in [2.75, 3.05) is 20.1 Å². The van der Waals surface area contributed by atoms with E-state index in [0.29, 0.717) is 18.7 Å². The Bertz CT molecular complexity index is 1080. The van der Waals surface area contributed by atoms with Gasteiger partial charge in [0.15, 0.2) is 5.96 Å². The number of hydrogen-bond donors (Lipinski definition) is 3. The summed E-state index contributed by atoms with van der Waals surface area (Å²) in [6, 6.07) is 17.8. The zero-order valence-corrected chi connectivity index (χ0v) is 22.0. The lowest BCUT2D eigenvalue weighted by Gasteiger charge is -2.12. The van der Waals surface area contributed by atoms with Gasteiger partial charge in [-0.25, -0.2) is 9.67 Å². The van der Waals surface area contributed by atoms with Gasteiger partial charge < -0.3 is 16.0 Å². The number of hydrogen-bond acceptors (Lipinski definition) is 3. The summed E-state index contributed by atoms with van der Waals surface area (Å²) in [5.41, 5.74) is 6.03. The first-order chi connectivity index (χ1) is 15.5. The zero-order valence-electron chi connectivity index (χ0n) is 19.7. The van der Waals surface area contributed by atoms with E-state index < -0.39 is 0 Å². The molecule has 0 unspecified atom stereocenters. The molecule has 0 radical (unpaired) electrons. The maximum Gasteiger partial charge on any atom is 0.251 e. The maximum absolute atomic E-state index is 11.8. The fourth-order valence-corrected chi connectivity index (χ4v) is 3.56. The number of aliphatic imine (C=N–C) groups is 1. The second-order valence-corrected chi connectivity index (χ2v) is 7.55. The van der Waals surface area contributed by atoms with Gasteiger partial charge in [0.1, 0.15) is 0 Å². The Labute approximate surface area is 213 Å². The van der Waals surface area contributed by atoms with E-state index in [9.17, 15) is 4.79 Å². The van der Waals surface area contributed by atoms with E-state index in [1.54, 1.807) is 7.05 Å². The van der Waals surface area contributed by atoms with Gasteiger partial charge in [-0.15, -0.1) is 24.0 Å². The van der Waals surface area contributed by atoms with Crippen LogP contribution >= 0.6 is 24.0 Å². The highest BCUT2D eigenvalue weighted by Crippen LogP contribution is 2.18. The molecule has 2 aromatic carbocycles. The highest BCUT2D eigenvalue weighted by molar-refractivity contribution is 14.0. The average Bonchev–Trinajstić information content (AvgIpc) is 3.10. The first-order valence-corrected chi connectivity index (χ1v) is 11.0. The fourth-order valence-electron chi connectivity index (χ4n) is 3.56. The van der Waals surface area contributed by atoms with E-state index in [2.05, 4.69) is 35.0 Å². The average molecular weight is 560 g/mol. The number of carbonyl (C=O) groups is 1. The third kappa shape index (κ3) is 7.05. The number of amides is 1. The van der Waals surface area contributed by atoms with Crippen LogP contribution in [-0.4, -0.2) is 41.8 Å². The lowest BCUT2D eigenvalue weighted by molar-refractivity contribution is 0.0963. The molecule has 33 heavy (non-hydrogen) atoms. The molecule has 0 bridgehead atoms. The second kappa shape index (κ2) is 13.0. The quantitative estimate of drug-likeness (QED) is 0.223. The molecule has 0 atom stereocenters. The summed E-state index contributed by atoms with van der Waals surface area (Å²) >= 11 is 0. The van der Waals surface area contributed by atoms with E-state index in [1.165, 1.54) is 0 Å². The number of aryl methyl sites for hydroxylation is 1. The fraction of sp³-hybridized carbons (Fsp3) is 0.320. The normalized spacial score (nSPS) is 11.0. The summed E-state index contributed by atoms with van der Waals surface area (Å²) < 4.78 is 1.97. The Hall–Kier alpha value is -2.88. The van der Waals surface area contributed by atoms with Gasteiger partial charge in [0.25, 0.3) is 5.91 Å². The van der Waals surface area contributed by atoms with Gasteiger partial charge in [0.2, 0.25) is 0 Å².